The third kappa shape index (κ3) is 2.06. The zero-order valence-electron chi connectivity index (χ0n) is 9.95. The van der Waals surface area contributed by atoms with Crippen LogP contribution in [0.3, 0.4) is 0 Å². The maximum Gasteiger partial charge on any atom is 0.184 e. The summed E-state index contributed by atoms with van der Waals surface area (Å²) >= 11 is 17.5. The van der Waals surface area contributed by atoms with Crippen LogP contribution in [0.15, 0.2) is 30.5 Å². The molecule has 1 aromatic carbocycles. The number of pyridine rings is 1. The van der Waals surface area contributed by atoms with Gasteiger partial charge in [-0.25, -0.2) is 4.98 Å². The Morgan fingerprint density at radius 1 is 1.26 bits per heavy atom. The topological polar surface area (TPSA) is 33.6 Å². The molecule has 96 valence electrons. The number of imidazole rings is 1. The molecule has 0 amide bonds. The molecule has 0 spiro atoms. The van der Waals surface area contributed by atoms with E-state index in [0.29, 0.717) is 14.8 Å². The van der Waals surface area contributed by atoms with Gasteiger partial charge < -0.3 is 4.98 Å². The number of nitrogens with one attached hydrogen (secondary N) is 1. The van der Waals surface area contributed by atoms with E-state index in [1.54, 1.807) is 18.3 Å². The number of fused-ring (bicyclic) bond motifs is 1. The molecule has 0 saturated heterocycles. The van der Waals surface area contributed by atoms with Crippen LogP contribution in [0.5, 0.6) is 0 Å². The van der Waals surface area contributed by atoms with Gasteiger partial charge in [-0.3, -0.25) is 4.57 Å². The van der Waals surface area contributed by atoms with E-state index in [9.17, 15) is 0 Å². The molecule has 0 bridgehead atoms. The molecule has 3 aromatic rings. The first kappa shape index (κ1) is 12.7. The lowest BCUT2D eigenvalue weighted by molar-refractivity contribution is 1.04. The Hall–Kier alpha value is -1.36. The summed E-state index contributed by atoms with van der Waals surface area (Å²) < 4.78 is 2.37. The molecule has 1 N–H and O–H groups in total. The largest absolute Gasteiger partial charge is 0.329 e. The number of halogens is 2. The van der Waals surface area contributed by atoms with E-state index in [2.05, 4.69) is 9.97 Å². The summed E-state index contributed by atoms with van der Waals surface area (Å²) in [5.74, 6) is 0. The summed E-state index contributed by atoms with van der Waals surface area (Å²) in [5.41, 5.74) is 3.52. The first-order valence-electron chi connectivity index (χ1n) is 5.59. The quantitative estimate of drug-likeness (QED) is 0.661. The van der Waals surface area contributed by atoms with Crippen molar-refractivity contribution in [2.75, 3.05) is 0 Å². The zero-order chi connectivity index (χ0) is 13.6. The van der Waals surface area contributed by atoms with Crippen molar-refractivity contribution in [2.45, 2.75) is 6.92 Å². The molecular formula is C13H9Cl2N3S. The minimum Gasteiger partial charge on any atom is -0.329 e. The molecule has 0 aliphatic carbocycles. The smallest absolute Gasteiger partial charge is 0.184 e. The molecule has 0 fully saturated rings. The van der Waals surface area contributed by atoms with Gasteiger partial charge in [0.05, 0.1) is 16.2 Å². The molecule has 0 atom stereocenters. The summed E-state index contributed by atoms with van der Waals surface area (Å²) in [7, 11) is 0. The number of aromatic nitrogens is 3. The van der Waals surface area contributed by atoms with Crippen molar-refractivity contribution < 1.29 is 0 Å². The molecule has 6 heteroatoms. The molecule has 3 nitrogen and oxygen atoms in total. The number of hydrogen-bond donors (Lipinski definition) is 1. The number of rotatable bonds is 1. The molecule has 0 unspecified atom stereocenters. The Labute approximate surface area is 124 Å². The highest BCUT2D eigenvalue weighted by Crippen LogP contribution is 2.27. The molecule has 19 heavy (non-hydrogen) atoms. The Balaban J connectivity index is 2.40. The lowest BCUT2D eigenvalue weighted by atomic mass is 10.2. The molecule has 0 saturated carbocycles. The van der Waals surface area contributed by atoms with E-state index < -0.39 is 0 Å². The maximum atomic E-state index is 6.24. The van der Waals surface area contributed by atoms with Crippen LogP contribution in [-0.4, -0.2) is 14.5 Å². The molecule has 0 radical (unpaired) electrons. The standard InChI is InChI=1S/C13H9Cl2N3S/c1-7-4-5-16-12-11(7)17-13(19)18(12)10-3-2-8(14)6-9(10)15/h2-6H,1H3,(H,17,19). The van der Waals surface area contributed by atoms with Crippen LogP contribution in [0, 0.1) is 11.7 Å². The van der Waals surface area contributed by atoms with E-state index in [4.69, 9.17) is 35.4 Å². The average Bonchev–Trinajstić information content (AvgIpc) is 2.68. The van der Waals surface area contributed by atoms with Gasteiger partial charge in [-0.2, -0.15) is 0 Å². The van der Waals surface area contributed by atoms with Gasteiger partial charge in [-0.1, -0.05) is 23.2 Å². The predicted molar refractivity (Wildman–Crippen MR) is 81.0 cm³/mol. The van der Waals surface area contributed by atoms with Crippen molar-refractivity contribution in [1.29, 1.82) is 0 Å². The summed E-state index contributed by atoms with van der Waals surface area (Å²) in [6.07, 6.45) is 1.75. The lowest BCUT2D eigenvalue weighted by Crippen LogP contribution is -1.96. The molecule has 3 rings (SSSR count). The zero-order valence-corrected chi connectivity index (χ0v) is 12.3. The van der Waals surface area contributed by atoms with E-state index in [0.717, 1.165) is 22.4 Å². The SMILES string of the molecule is Cc1ccnc2c1[nH]c(=S)n2-c1ccc(Cl)cc1Cl. The minimum atomic E-state index is 0.535. The first-order valence-corrected chi connectivity index (χ1v) is 6.76. The minimum absolute atomic E-state index is 0.535. The van der Waals surface area contributed by atoms with Crippen molar-refractivity contribution in [3.05, 3.63) is 50.8 Å². The van der Waals surface area contributed by atoms with Crippen LogP contribution in [0.2, 0.25) is 10.0 Å². The number of hydrogen-bond acceptors (Lipinski definition) is 2. The van der Waals surface area contributed by atoms with Crippen LogP contribution in [-0.2, 0) is 0 Å². The fraction of sp³-hybridized carbons (Fsp3) is 0.0769. The molecule has 2 heterocycles. The number of aryl methyl sites for hydroxylation is 1. The van der Waals surface area contributed by atoms with Gasteiger partial charge in [-0.05, 0) is 49.0 Å². The predicted octanol–water partition coefficient (Wildman–Crippen LogP) is 4.70. The fourth-order valence-electron chi connectivity index (χ4n) is 2.01. The average molecular weight is 310 g/mol. The third-order valence-corrected chi connectivity index (χ3v) is 3.76. The van der Waals surface area contributed by atoms with Crippen LogP contribution in [0.4, 0.5) is 0 Å². The maximum absolute atomic E-state index is 6.24. The number of nitrogens with zero attached hydrogens (tertiary/aromatic N) is 2. The van der Waals surface area contributed by atoms with Crippen molar-refractivity contribution >= 4 is 46.6 Å². The summed E-state index contributed by atoms with van der Waals surface area (Å²) in [4.78, 5) is 7.54. The monoisotopic (exact) mass is 309 g/mol. The Morgan fingerprint density at radius 3 is 2.79 bits per heavy atom. The molecule has 0 aliphatic heterocycles. The second-order valence-electron chi connectivity index (χ2n) is 4.19. The lowest BCUT2D eigenvalue weighted by Gasteiger charge is -2.06. The van der Waals surface area contributed by atoms with Gasteiger partial charge in [-0.15, -0.1) is 0 Å². The number of aromatic amines is 1. The van der Waals surface area contributed by atoms with E-state index >= 15 is 0 Å². The Bertz CT molecular complexity index is 836. The van der Waals surface area contributed by atoms with Crippen LogP contribution >= 0.6 is 35.4 Å². The normalized spacial score (nSPS) is 11.1. The highest BCUT2D eigenvalue weighted by atomic mass is 35.5. The van der Waals surface area contributed by atoms with Gasteiger partial charge in [0.15, 0.2) is 10.4 Å². The van der Waals surface area contributed by atoms with Gasteiger partial charge in [0.25, 0.3) is 0 Å². The number of benzene rings is 1. The van der Waals surface area contributed by atoms with Gasteiger partial charge in [0.1, 0.15) is 0 Å². The first-order chi connectivity index (χ1) is 9.08. The summed E-state index contributed by atoms with van der Waals surface area (Å²) in [5, 5.41) is 1.12. The molecule has 0 aliphatic rings. The third-order valence-electron chi connectivity index (χ3n) is 2.94. The summed E-state index contributed by atoms with van der Waals surface area (Å²) in [6.45, 7) is 2.00. The Kier molecular flexibility index (Phi) is 3.09. The van der Waals surface area contributed by atoms with Gasteiger partial charge in [0.2, 0.25) is 0 Å². The van der Waals surface area contributed by atoms with Crippen molar-refractivity contribution in [3.63, 3.8) is 0 Å². The van der Waals surface area contributed by atoms with Crippen LogP contribution in [0.1, 0.15) is 5.56 Å². The Morgan fingerprint density at radius 2 is 2.05 bits per heavy atom. The highest BCUT2D eigenvalue weighted by molar-refractivity contribution is 7.71. The molecular weight excluding hydrogens is 301 g/mol. The van der Waals surface area contributed by atoms with Gasteiger partial charge in [0, 0.05) is 11.2 Å². The van der Waals surface area contributed by atoms with Crippen LogP contribution < -0.4 is 0 Å². The fourth-order valence-corrected chi connectivity index (χ4v) is 2.79. The van der Waals surface area contributed by atoms with E-state index in [1.807, 2.05) is 23.6 Å². The molecule has 2 aromatic heterocycles. The second-order valence-corrected chi connectivity index (χ2v) is 5.42. The summed E-state index contributed by atoms with van der Waals surface area (Å²) in [6, 6.07) is 7.23. The van der Waals surface area contributed by atoms with Crippen LogP contribution in [0.25, 0.3) is 16.9 Å². The van der Waals surface area contributed by atoms with Crippen molar-refractivity contribution in [2.24, 2.45) is 0 Å². The van der Waals surface area contributed by atoms with Crippen molar-refractivity contribution in [3.8, 4) is 5.69 Å². The highest BCUT2D eigenvalue weighted by Gasteiger charge is 2.12. The van der Waals surface area contributed by atoms with Gasteiger partial charge >= 0.3 is 0 Å². The van der Waals surface area contributed by atoms with E-state index in [-0.39, 0.29) is 0 Å². The number of H-pyrrole nitrogens is 1. The van der Waals surface area contributed by atoms with E-state index in [1.165, 1.54) is 0 Å². The second kappa shape index (κ2) is 4.63. The van der Waals surface area contributed by atoms with Crippen molar-refractivity contribution in [1.82, 2.24) is 14.5 Å².